The minimum atomic E-state index is -0.0579. The van der Waals surface area contributed by atoms with Gasteiger partial charge in [0.15, 0.2) is 0 Å². The van der Waals surface area contributed by atoms with E-state index in [2.05, 4.69) is 60.2 Å². The largest absolute Gasteiger partial charge is 0.0762 e. The van der Waals surface area contributed by atoms with Gasteiger partial charge in [-0.25, -0.2) is 0 Å². The Morgan fingerprint density at radius 1 is 0.375 bits per heavy atom. The van der Waals surface area contributed by atoms with Gasteiger partial charge in [-0.2, -0.15) is 0 Å². The zero-order valence-corrected chi connectivity index (χ0v) is 26.9. The Morgan fingerprint density at radius 2 is 0.650 bits per heavy atom. The molecule has 0 atom stereocenters. The summed E-state index contributed by atoms with van der Waals surface area (Å²) in [5, 5.41) is 6.11. The second kappa shape index (κ2) is 15.0. The summed E-state index contributed by atoms with van der Waals surface area (Å²) in [5.74, 6) is 5.72. The van der Waals surface area contributed by atoms with Crippen molar-refractivity contribution in [1.29, 1.82) is 0 Å². The van der Waals surface area contributed by atoms with Crippen molar-refractivity contribution < 1.29 is 0 Å². The van der Waals surface area contributed by atoms with Gasteiger partial charge in [0.1, 0.15) is 0 Å². The summed E-state index contributed by atoms with van der Waals surface area (Å²) in [4.78, 5) is 0. The second-order valence-corrected chi connectivity index (χ2v) is 18.7. The van der Waals surface area contributed by atoms with Gasteiger partial charge in [0.2, 0.25) is 0 Å². The van der Waals surface area contributed by atoms with E-state index in [1.165, 1.54) is 139 Å². The molecule has 0 aromatic heterocycles. The molecule has 0 saturated heterocycles. The van der Waals surface area contributed by atoms with Crippen molar-refractivity contribution in [3.63, 3.8) is 0 Å². The number of benzene rings is 2. The van der Waals surface area contributed by atoms with Crippen molar-refractivity contribution in [3.05, 3.63) is 69.4 Å². The fourth-order valence-corrected chi connectivity index (χ4v) is 15.5. The zero-order valence-electron chi connectivity index (χ0n) is 25.1. The molecule has 4 aliphatic rings. The predicted molar refractivity (Wildman–Crippen MR) is 180 cm³/mol. The van der Waals surface area contributed by atoms with Crippen LogP contribution in [-0.4, -0.2) is 22.6 Å². The molecule has 4 aliphatic carbocycles. The van der Waals surface area contributed by atoms with Crippen LogP contribution in [-0.2, 0) is 0 Å². The summed E-state index contributed by atoms with van der Waals surface area (Å²) in [5.41, 5.74) is 3.86. The molecule has 0 N–H and O–H groups in total. The quantitative estimate of drug-likeness (QED) is 0.302. The Morgan fingerprint density at radius 3 is 0.950 bits per heavy atom. The van der Waals surface area contributed by atoms with Gasteiger partial charge in [0.05, 0.1) is 0 Å². The summed E-state index contributed by atoms with van der Waals surface area (Å²) in [6, 6.07) is 19.1. The number of rotatable bonds is 6. The lowest BCUT2D eigenvalue weighted by molar-refractivity contribution is 0.487. The Kier molecular flexibility index (Phi) is 10.9. The first-order chi connectivity index (χ1) is 19.9. The lowest BCUT2D eigenvalue weighted by Crippen LogP contribution is -2.21. The van der Waals surface area contributed by atoms with Crippen LogP contribution in [0.2, 0.25) is 0 Å². The highest BCUT2D eigenvalue weighted by Gasteiger charge is 2.30. The highest BCUT2D eigenvalue weighted by molar-refractivity contribution is 7.67. The number of hydrogen-bond donors (Lipinski definition) is 0. The molecular weight excluding hydrogens is 518 g/mol. The maximum atomic E-state index is 2.86. The third-order valence-corrected chi connectivity index (χ3v) is 17.4. The normalized spacial score (nSPS) is 24.8. The standard InChI is InChI=1S/C38H54P2/c1-5-19-33(20-6-1)39(34-21-7-2-8-22-34)29-31-17-13-15-27-37(31)38-28-16-14-18-32(38)30-40(35-23-9-3-10-24-35)36-25-11-4-12-26-36/h13-18,27-30,33-36H,1-12,19-26H2. The first-order valence-electron chi connectivity index (χ1n) is 17.3. The molecule has 6 rings (SSSR count). The fraction of sp³-hybridized carbons (Fsp3) is 0.632. The lowest BCUT2D eigenvalue weighted by Gasteiger charge is -2.36. The molecule has 0 amide bonds. The molecule has 216 valence electrons. The Labute approximate surface area is 247 Å². The molecule has 0 heterocycles. The lowest BCUT2D eigenvalue weighted by atomic mass is 9.99. The van der Waals surface area contributed by atoms with Gasteiger partial charge in [0.25, 0.3) is 0 Å². The molecule has 40 heavy (non-hydrogen) atoms. The zero-order chi connectivity index (χ0) is 27.0. The van der Waals surface area contributed by atoms with Crippen molar-refractivity contribution >= 4 is 27.5 Å². The van der Waals surface area contributed by atoms with E-state index < -0.39 is 0 Å². The third-order valence-electron chi connectivity index (χ3n) is 10.8. The van der Waals surface area contributed by atoms with Crippen molar-refractivity contribution in [3.8, 4) is 0 Å². The van der Waals surface area contributed by atoms with Crippen LogP contribution in [0.15, 0.2) is 48.5 Å². The molecule has 2 aromatic rings. The molecule has 0 nitrogen and oxygen atoms in total. The van der Waals surface area contributed by atoms with E-state index >= 15 is 0 Å². The fourth-order valence-electron chi connectivity index (χ4n) is 8.57. The molecule has 0 spiro atoms. The van der Waals surface area contributed by atoms with E-state index in [0.29, 0.717) is 0 Å². The molecule has 4 fully saturated rings. The maximum absolute atomic E-state index is 2.86. The summed E-state index contributed by atoms with van der Waals surface area (Å²) in [7, 11) is -0.116. The average molecular weight is 573 g/mol. The summed E-state index contributed by atoms with van der Waals surface area (Å²) >= 11 is 0. The second-order valence-electron chi connectivity index (χ2n) is 13.5. The maximum Gasteiger partial charge on any atom is -0.0105 e. The van der Waals surface area contributed by atoms with E-state index in [1.807, 2.05) is 0 Å². The molecule has 0 aliphatic heterocycles. The van der Waals surface area contributed by atoms with Crippen LogP contribution in [0.5, 0.6) is 0 Å². The van der Waals surface area contributed by atoms with Crippen molar-refractivity contribution in [1.82, 2.24) is 0 Å². The Bertz CT molecular complexity index is 1120. The van der Waals surface area contributed by atoms with Crippen LogP contribution in [0.1, 0.15) is 128 Å². The van der Waals surface area contributed by atoms with Crippen molar-refractivity contribution in [2.24, 2.45) is 0 Å². The third kappa shape index (κ3) is 7.33. The topological polar surface area (TPSA) is 0 Å². The molecular formula is C38H54P2. The smallest absolute Gasteiger partial charge is 0.0105 e. The van der Waals surface area contributed by atoms with E-state index in [9.17, 15) is 0 Å². The highest BCUT2D eigenvalue weighted by atomic mass is 31.1. The van der Waals surface area contributed by atoms with E-state index in [-0.39, 0.29) is 15.8 Å². The first-order valence-corrected chi connectivity index (χ1v) is 20.4. The van der Waals surface area contributed by atoms with Gasteiger partial charge in [-0.1, -0.05) is 153 Å². The molecule has 2 aromatic carbocycles. The molecule has 0 radical (unpaired) electrons. The van der Waals surface area contributed by atoms with Crippen LogP contribution in [0.25, 0.3) is 11.6 Å². The predicted octanol–water partition coefficient (Wildman–Crippen LogP) is 10.7. The first kappa shape index (κ1) is 29.1. The molecule has 4 saturated carbocycles. The summed E-state index contributed by atoms with van der Waals surface area (Å²) in [6.07, 6.45) is 29.5. The van der Waals surface area contributed by atoms with Crippen LogP contribution in [0.3, 0.4) is 0 Å². The number of hydrogen-bond acceptors (Lipinski definition) is 0. The van der Waals surface area contributed by atoms with Crippen molar-refractivity contribution in [2.45, 2.75) is 151 Å². The SMILES string of the molecule is C(=c1ccccc1=c1ccccc1=CP(C1CCCCC1)C1CCCCC1)P(C1CCCCC1)C1CCCCC1. The molecule has 0 unspecified atom stereocenters. The van der Waals surface area contributed by atoms with Crippen LogP contribution < -0.4 is 10.4 Å². The minimum absolute atomic E-state index is 0.0579. The van der Waals surface area contributed by atoms with Gasteiger partial charge in [-0.05, 0) is 94.9 Å². The minimum Gasteiger partial charge on any atom is -0.0762 e. The monoisotopic (exact) mass is 572 g/mol. The van der Waals surface area contributed by atoms with Gasteiger partial charge < -0.3 is 0 Å². The van der Waals surface area contributed by atoms with Crippen molar-refractivity contribution in [2.75, 3.05) is 0 Å². The summed E-state index contributed by atoms with van der Waals surface area (Å²) < 4.78 is 0. The Hall–Kier alpha value is -0.960. The summed E-state index contributed by atoms with van der Waals surface area (Å²) in [6.45, 7) is 0. The molecule has 2 heteroatoms. The van der Waals surface area contributed by atoms with Crippen LogP contribution in [0, 0.1) is 10.4 Å². The van der Waals surface area contributed by atoms with Crippen LogP contribution >= 0.6 is 15.8 Å². The van der Waals surface area contributed by atoms with Gasteiger partial charge in [0, 0.05) is 0 Å². The Balaban J connectivity index is 1.47. The van der Waals surface area contributed by atoms with E-state index in [0.717, 1.165) is 22.6 Å². The van der Waals surface area contributed by atoms with Gasteiger partial charge in [-0.15, -0.1) is 0 Å². The van der Waals surface area contributed by atoms with Crippen LogP contribution in [0.4, 0.5) is 0 Å². The average Bonchev–Trinajstić information content (AvgIpc) is 3.04. The van der Waals surface area contributed by atoms with E-state index in [1.54, 1.807) is 10.4 Å². The van der Waals surface area contributed by atoms with Gasteiger partial charge >= 0.3 is 0 Å². The van der Waals surface area contributed by atoms with E-state index in [4.69, 9.17) is 0 Å². The van der Waals surface area contributed by atoms with Gasteiger partial charge in [-0.3, -0.25) is 0 Å². The molecule has 0 bridgehead atoms. The highest BCUT2D eigenvalue weighted by Crippen LogP contribution is 2.58.